The fraction of sp³-hybridized carbons (Fsp3) is 0.294. The first-order chi connectivity index (χ1) is 11.2. The molecule has 0 fully saturated rings. The molecule has 1 aromatic carbocycles. The molecule has 0 atom stereocenters. The molecule has 1 heterocycles. The van der Waals surface area contributed by atoms with E-state index < -0.39 is 0 Å². The topological polar surface area (TPSA) is 67.8 Å². The Labute approximate surface area is 136 Å². The Kier molecular flexibility index (Phi) is 5.80. The van der Waals surface area contributed by atoms with Crippen molar-refractivity contribution in [3.63, 3.8) is 0 Å². The van der Waals surface area contributed by atoms with Crippen molar-refractivity contribution in [2.24, 2.45) is 4.99 Å². The highest BCUT2D eigenvalue weighted by Crippen LogP contribution is 2.29. The van der Waals surface area contributed by atoms with E-state index in [2.05, 4.69) is 20.6 Å². The summed E-state index contributed by atoms with van der Waals surface area (Å²) in [6.07, 6.45) is 1.79. The van der Waals surface area contributed by atoms with Crippen LogP contribution in [0.5, 0.6) is 11.5 Å². The van der Waals surface area contributed by atoms with Crippen LogP contribution in [0.2, 0.25) is 0 Å². The second-order valence-corrected chi connectivity index (χ2v) is 4.89. The van der Waals surface area contributed by atoms with Gasteiger partial charge in [0.05, 0.1) is 26.5 Å². The fourth-order valence-electron chi connectivity index (χ4n) is 2.10. The lowest BCUT2D eigenvalue weighted by Gasteiger charge is -2.14. The van der Waals surface area contributed by atoms with Gasteiger partial charge in [0.25, 0.3) is 0 Å². The lowest BCUT2D eigenvalue weighted by Crippen LogP contribution is -2.30. The van der Waals surface area contributed by atoms with Gasteiger partial charge >= 0.3 is 0 Å². The van der Waals surface area contributed by atoms with E-state index in [-0.39, 0.29) is 0 Å². The summed E-state index contributed by atoms with van der Waals surface area (Å²) in [6, 6.07) is 9.57. The van der Waals surface area contributed by atoms with Crippen LogP contribution < -0.4 is 20.1 Å². The Morgan fingerprint density at radius 3 is 2.61 bits per heavy atom. The molecule has 2 rings (SSSR count). The summed E-state index contributed by atoms with van der Waals surface area (Å²) >= 11 is 0. The third-order valence-electron chi connectivity index (χ3n) is 3.41. The first-order valence-electron chi connectivity index (χ1n) is 7.28. The van der Waals surface area contributed by atoms with E-state index in [1.54, 1.807) is 27.5 Å². The van der Waals surface area contributed by atoms with Crippen LogP contribution in [0.1, 0.15) is 11.3 Å². The monoisotopic (exact) mass is 314 g/mol. The maximum atomic E-state index is 5.30. The summed E-state index contributed by atoms with van der Waals surface area (Å²) in [6.45, 7) is 2.63. The Balaban J connectivity index is 2.04. The standard InChI is InChI=1S/C17H22N4O2/c1-12-6-5-9-19-14(12)11-20-17(18-2)21-13-7-8-15(22-3)16(10-13)23-4/h5-10H,11H2,1-4H3,(H2,18,20,21). The number of aromatic nitrogens is 1. The molecule has 0 bridgehead atoms. The number of aryl methyl sites for hydroxylation is 1. The zero-order chi connectivity index (χ0) is 16.7. The number of hydrogen-bond donors (Lipinski definition) is 2. The van der Waals surface area contributed by atoms with Gasteiger partial charge in [-0.05, 0) is 30.7 Å². The van der Waals surface area contributed by atoms with Gasteiger partial charge in [-0.2, -0.15) is 0 Å². The molecule has 0 aliphatic heterocycles. The highest BCUT2D eigenvalue weighted by molar-refractivity contribution is 5.93. The van der Waals surface area contributed by atoms with Gasteiger partial charge in [0, 0.05) is 25.0 Å². The van der Waals surface area contributed by atoms with Gasteiger partial charge in [-0.25, -0.2) is 0 Å². The molecule has 0 aliphatic carbocycles. The molecule has 1 aromatic heterocycles. The second kappa shape index (κ2) is 8.03. The van der Waals surface area contributed by atoms with Crippen LogP contribution >= 0.6 is 0 Å². The van der Waals surface area contributed by atoms with Crippen molar-refractivity contribution in [3.8, 4) is 11.5 Å². The number of aliphatic imine (C=N–C) groups is 1. The van der Waals surface area contributed by atoms with E-state index in [1.807, 2.05) is 37.3 Å². The lowest BCUT2D eigenvalue weighted by atomic mass is 10.2. The molecule has 0 spiro atoms. The van der Waals surface area contributed by atoms with Crippen LogP contribution in [0.4, 0.5) is 5.69 Å². The van der Waals surface area contributed by atoms with E-state index in [0.717, 1.165) is 16.9 Å². The number of ether oxygens (including phenoxy) is 2. The number of nitrogens with one attached hydrogen (secondary N) is 2. The third-order valence-corrected chi connectivity index (χ3v) is 3.41. The van der Waals surface area contributed by atoms with E-state index >= 15 is 0 Å². The predicted octanol–water partition coefficient (Wildman–Crippen LogP) is 2.59. The molecule has 0 radical (unpaired) electrons. The number of pyridine rings is 1. The summed E-state index contributed by atoms with van der Waals surface area (Å²) in [5.74, 6) is 2.00. The zero-order valence-corrected chi connectivity index (χ0v) is 13.9. The highest BCUT2D eigenvalue weighted by Gasteiger charge is 2.07. The van der Waals surface area contributed by atoms with Crippen LogP contribution in [0.3, 0.4) is 0 Å². The number of anilines is 1. The number of rotatable bonds is 5. The van der Waals surface area contributed by atoms with Gasteiger partial charge in [-0.1, -0.05) is 6.07 Å². The van der Waals surface area contributed by atoms with Crippen LogP contribution in [-0.4, -0.2) is 32.2 Å². The Hall–Kier alpha value is -2.76. The maximum Gasteiger partial charge on any atom is 0.195 e. The molecule has 0 amide bonds. The maximum absolute atomic E-state index is 5.30. The zero-order valence-electron chi connectivity index (χ0n) is 13.9. The molecule has 6 heteroatoms. The highest BCUT2D eigenvalue weighted by atomic mass is 16.5. The van der Waals surface area contributed by atoms with Gasteiger partial charge in [-0.15, -0.1) is 0 Å². The summed E-state index contributed by atoms with van der Waals surface area (Å²) in [7, 11) is 4.94. The molecule has 6 nitrogen and oxygen atoms in total. The Bertz CT molecular complexity index is 686. The Morgan fingerprint density at radius 1 is 1.17 bits per heavy atom. The van der Waals surface area contributed by atoms with E-state index in [4.69, 9.17) is 9.47 Å². The Morgan fingerprint density at radius 2 is 1.96 bits per heavy atom. The second-order valence-electron chi connectivity index (χ2n) is 4.89. The molecule has 0 saturated carbocycles. The van der Waals surface area contributed by atoms with Gasteiger partial charge in [0.1, 0.15) is 0 Å². The number of methoxy groups -OCH3 is 2. The van der Waals surface area contributed by atoms with Gasteiger partial charge < -0.3 is 20.1 Å². The van der Waals surface area contributed by atoms with Crippen molar-refractivity contribution in [2.45, 2.75) is 13.5 Å². The summed E-state index contributed by atoms with van der Waals surface area (Å²) in [5, 5.41) is 6.47. The van der Waals surface area contributed by atoms with Crippen molar-refractivity contribution in [3.05, 3.63) is 47.8 Å². The quantitative estimate of drug-likeness (QED) is 0.656. The smallest absolute Gasteiger partial charge is 0.195 e. The van der Waals surface area contributed by atoms with Gasteiger partial charge in [0.15, 0.2) is 17.5 Å². The largest absolute Gasteiger partial charge is 0.493 e. The summed E-state index contributed by atoms with van der Waals surface area (Å²) in [5.41, 5.74) is 2.98. The molecule has 0 saturated heterocycles. The van der Waals surface area contributed by atoms with Crippen LogP contribution in [0, 0.1) is 6.92 Å². The normalized spacial score (nSPS) is 11.0. The van der Waals surface area contributed by atoms with E-state index in [9.17, 15) is 0 Å². The minimum absolute atomic E-state index is 0.597. The molecule has 0 unspecified atom stereocenters. The average Bonchev–Trinajstić information content (AvgIpc) is 2.59. The number of guanidine groups is 1. The molecule has 2 aromatic rings. The van der Waals surface area contributed by atoms with Crippen molar-refractivity contribution < 1.29 is 9.47 Å². The molecule has 23 heavy (non-hydrogen) atoms. The minimum Gasteiger partial charge on any atom is -0.493 e. The number of nitrogens with zero attached hydrogens (tertiary/aromatic N) is 2. The first kappa shape index (κ1) is 16.6. The number of hydrogen-bond acceptors (Lipinski definition) is 4. The van der Waals surface area contributed by atoms with E-state index in [1.165, 1.54) is 0 Å². The molecular weight excluding hydrogens is 292 g/mol. The third kappa shape index (κ3) is 4.35. The molecule has 0 aliphatic rings. The molecule has 2 N–H and O–H groups in total. The van der Waals surface area contributed by atoms with E-state index in [0.29, 0.717) is 24.0 Å². The van der Waals surface area contributed by atoms with Crippen LogP contribution in [0.25, 0.3) is 0 Å². The van der Waals surface area contributed by atoms with Crippen molar-refractivity contribution >= 4 is 11.6 Å². The van der Waals surface area contributed by atoms with Crippen molar-refractivity contribution in [1.29, 1.82) is 0 Å². The van der Waals surface area contributed by atoms with Gasteiger partial charge in [-0.3, -0.25) is 9.98 Å². The molecular formula is C17H22N4O2. The minimum atomic E-state index is 0.597. The van der Waals surface area contributed by atoms with Crippen molar-refractivity contribution in [2.75, 3.05) is 26.6 Å². The SMILES string of the molecule is CN=C(NCc1ncccc1C)Nc1ccc(OC)c(OC)c1. The lowest BCUT2D eigenvalue weighted by molar-refractivity contribution is 0.355. The number of benzene rings is 1. The van der Waals surface area contributed by atoms with Gasteiger partial charge in [0.2, 0.25) is 0 Å². The van der Waals surface area contributed by atoms with Crippen LogP contribution in [-0.2, 0) is 6.54 Å². The summed E-state index contributed by atoms with van der Waals surface area (Å²) in [4.78, 5) is 8.58. The average molecular weight is 314 g/mol. The summed E-state index contributed by atoms with van der Waals surface area (Å²) < 4.78 is 10.5. The first-order valence-corrected chi connectivity index (χ1v) is 7.28. The van der Waals surface area contributed by atoms with Crippen LogP contribution in [0.15, 0.2) is 41.5 Å². The van der Waals surface area contributed by atoms with Crippen molar-refractivity contribution in [1.82, 2.24) is 10.3 Å². The fourth-order valence-corrected chi connectivity index (χ4v) is 2.10. The predicted molar refractivity (Wildman–Crippen MR) is 92.3 cm³/mol. The molecule has 122 valence electrons.